The second-order valence-electron chi connectivity index (χ2n) is 4.31. The van der Waals surface area contributed by atoms with Crippen LogP contribution in [0.15, 0.2) is 22.7 Å². The number of carbonyl (C=O) groups excluding carboxylic acids is 1. The van der Waals surface area contributed by atoms with Gasteiger partial charge in [-0.2, -0.15) is 0 Å². The van der Waals surface area contributed by atoms with Crippen molar-refractivity contribution in [2.75, 3.05) is 5.32 Å². The van der Waals surface area contributed by atoms with Gasteiger partial charge in [-0.25, -0.2) is 4.79 Å². The molecule has 1 unspecified atom stereocenters. The Morgan fingerprint density at radius 1 is 1.45 bits per heavy atom. The predicted octanol–water partition coefficient (Wildman–Crippen LogP) is 3.87. The smallest absolute Gasteiger partial charge is 0.319 e. The van der Waals surface area contributed by atoms with E-state index >= 15 is 0 Å². The number of carboxylic acids is 1. The number of carbonyl (C=O) groups is 2. The van der Waals surface area contributed by atoms with Gasteiger partial charge in [0.1, 0.15) is 0 Å². The molecule has 1 atom stereocenters. The van der Waals surface area contributed by atoms with E-state index in [9.17, 15) is 9.59 Å². The van der Waals surface area contributed by atoms with Crippen LogP contribution < -0.4 is 10.6 Å². The van der Waals surface area contributed by atoms with Gasteiger partial charge in [0.15, 0.2) is 0 Å². The number of amides is 2. The monoisotopic (exact) mass is 362 g/mol. The molecule has 0 aliphatic rings. The minimum absolute atomic E-state index is 0.0942. The average molecular weight is 364 g/mol. The van der Waals surface area contributed by atoms with Crippen molar-refractivity contribution in [2.24, 2.45) is 0 Å². The first kappa shape index (κ1) is 16.8. The van der Waals surface area contributed by atoms with Gasteiger partial charge in [0.25, 0.3) is 0 Å². The lowest BCUT2D eigenvalue weighted by molar-refractivity contribution is -0.137. The Balaban J connectivity index is 2.62. The highest BCUT2D eigenvalue weighted by Crippen LogP contribution is 2.25. The number of hydrogen-bond donors (Lipinski definition) is 3. The molecule has 0 saturated heterocycles. The van der Waals surface area contributed by atoms with Gasteiger partial charge >= 0.3 is 12.0 Å². The summed E-state index contributed by atoms with van der Waals surface area (Å²) in [5.74, 6) is -0.934. The SMILES string of the molecule is CCCC(CC(=O)O)NC(=O)Nc1ccc(Cl)cc1Br. The number of benzene rings is 1. The maximum atomic E-state index is 11.8. The van der Waals surface area contributed by atoms with Crippen molar-refractivity contribution in [3.8, 4) is 0 Å². The first-order chi connectivity index (χ1) is 9.42. The van der Waals surface area contributed by atoms with E-state index in [1.807, 2.05) is 6.92 Å². The zero-order valence-corrected chi connectivity index (χ0v) is 13.3. The van der Waals surface area contributed by atoms with Crippen LogP contribution in [-0.2, 0) is 4.79 Å². The van der Waals surface area contributed by atoms with E-state index in [0.29, 0.717) is 21.6 Å². The molecule has 110 valence electrons. The van der Waals surface area contributed by atoms with E-state index in [4.69, 9.17) is 16.7 Å². The summed E-state index contributed by atoms with van der Waals surface area (Å²) < 4.78 is 0.658. The molecule has 0 aliphatic carbocycles. The summed E-state index contributed by atoms with van der Waals surface area (Å²) in [7, 11) is 0. The Hall–Kier alpha value is -1.27. The molecule has 7 heteroatoms. The second kappa shape index (κ2) is 8.11. The third-order valence-corrected chi connectivity index (χ3v) is 3.46. The van der Waals surface area contributed by atoms with Gasteiger partial charge in [-0.3, -0.25) is 4.79 Å². The van der Waals surface area contributed by atoms with Gasteiger partial charge in [-0.1, -0.05) is 24.9 Å². The number of halogens is 2. The van der Waals surface area contributed by atoms with E-state index in [-0.39, 0.29) is 12.5 Å². The zero-order chi connectivity index (χ0) is 15.1. The molecule has 1 aromatic rings. The molecule has 0 saturated carbocycles. The van der Waals surface area contributed by atoms with Crippen LogP contribution in [0, 0.1) is 0 Å². The summed E-state index contributed by atoms with van der Waals surface area (Å²) >= 11 is 9.10. The Kier molecular flexibility index (Phi) is 6.81. The standard InChI is InChI=1S/C13H16BrClN2O3/c1-2-3-9(7-12(18)19)16-13(20)17-11-5-4-8(15)6-10(11)14/h4-6,9H,2-3,7H2,1H3,(H,18,19)(H2,16,17,20). The lowest BCUT2D eigenvalue weighted by Crippen LogP contribution is -2.39. The van der Waals surface area contributed by atoms with Crippen molar-refractivity contribution in [2.45, 2.75) is 32.2 Å². The second-order valence-corrected chi connectivity index (χ2v) is 5.60. The van der Waals surface area contributed by atoms with Crippen LogP contribution in [0.1, 0.15) is 26.2 Å². The molecule has 0 heterocycles. The Bertz CT molecular complexity index is 497. The van der Waals surface area contributed by atoms with Crippen LogP contribution in [0.5, 0.6) is 0 Å². The topological polar surface area (TPSA) is 78.4 Å². The van der Waals surface area contributed by atoms with Gasteiger partial charge in [-0.05, 0) is 40.5 Å². The number of urea groups is 1. The molecule has 0 aromatic heterocycles. The Labute approximate surface area is 130 Å². The van der Waals surface area contributed by atoms with Crippen LogP contribution >= 0.6 is 27.5 Å². The highest BCUT2D eigenvalue weighted by Gasteiger charge is 2.15. The molecule has 1 aromatic carbocycles. The van der Waals surface area contributed by atoms with Crippen molar-refractivity contribution in [1.29, 1.82) is 0 Å². The molecule has 5 nitrogen and oxygen atoms in total. The van der Waals surface area contributed by atoms with E-state index in [1.54, 1.807) is 18.2 Å². The number of rotatable bonds is 6. The first-order valence-corrected chi connectivity index (χ1v) is 7.33. The van der Waals surface area contributed by atoms with Crippen molar-refractivity contribution in [1.82, 2.24) is 5.32 Å². The average Bonchev–Trinajstić information content (AvgIpc) is 2.32. The first-order valence-electron chi connectivity index (χ1n) is 6.16. The Morgan fingerprint density at radius 2 is 2.15 bits per heavy atom. The summed E-state index contributed by atoms with van der Waals surface area (Å²) in [5, 5.41) is 14.7. The van der Waals surface area contributed by atoms with Crippen LogP contribution in [0.3, 0.4) is 0 Å². The number of anilines is 1. The molecule has 0 radical (unpaired) electrons. The van der Waals surface area contributed by atoms with Crippen LogP contribution in [0.25, 0.3) is 0 Å². The van der Waals surface area contributed by atoms with Crippen LogP contribution in [0.4, 0.5) is 10.5 Å². The molecule has 0 bridgehead atoms. The summed E-state index contributed by atoms with van der Waals surface area (Å²) in [5.41, 5.74) is 0.567. The maximum Gasteiger partial charge on any atom is 0.319 e. The highest BCUT2D eigenvalue weighted by atomic mass is 79.9. The number of aliphatic carboxylic acids is 1. The third kappa shape index (κ3) is 5.79. The van der Waals surface area contributed by atoms with Gasteiger partial charge in [-0.15, -0.1) is 0 Å². The van der Waals surface area contributed by atoms with E-state index in [2.05, 4.69) is 26.6 Å². The molecule has 0 fully saturated rings. The van der Waals surface area contributed by atoms with Gasteiger partial charge in [0.2, 0.25) is 0 Å². The molecule has 20 heavy (non-hydrogen) atoms. The normalized spacial score (nSPS) is 11.8. The van der Waals surface area contributed by atoms with Crippen molar-refractivity contribution >= 4 is 45.2 Å². The lowest BCUT2D eigenvalue weighted by Gasteiger charge is -2.17. The molecular formula is C13H16BrClN2O3. The maximum absolute atomic E-state index is 11.8. The fraction of sp³-hybridized carbons (Fsp3) is 0.385. The quantitative estimate of drug-likeness (QED) is 0.718. The van der Waals surface area contributed by atoms with Crippen LogP contribution in [0.2, 0.25) is 5.02 Å². The van der Waals surface area contributed by atoms with Gasteiger partial charge in [0.05, 0.1) is 12.1 Å². The number of hydrogen-bond acceptors (Lipinski definition) is 2. The minimum atomic E-state index is -0.934. The summed E-state index contributed by atoms with van der Waals surface area (Å²) in [4.78, 5) is 22.6. The summed E-state index contributed by atoms with van der Waals surface area (Å²) in [6.45, 7) is 1.93. The minimum Gasteiger partial charge on any atom is -0.481 e. The van der Waals surface area contributed by atoms with Crippen molar-refractivity contribution < 1.29 is 14.7 Å². The van der Waals surface area contributed by atoms with Crippen LogP contribution in [-0.4, -0.2) is 23.1 Å². The highest BCUT2D eigenvalue weighted by molar-refractivity contribution is 9.10. The largest absolute Gasteiger partial charge is 0.481 e. The van der Waals surface area contributed by atoms with E-state index in [1.165, 1.54) is 0 Å². The Morgan fingerprint density at radius 3 is 2.70 bits per heavy atom. The molecule has 0 aliphatic heterocycles. The zero-order valence-electron chi connectivity index (χ0n) is 11.0. The predicted molar refractivity (Wildman–Crippen MR) is 82.3 cm³/mol. The van der Waals surface area contributed by atoms with E-state index < -0.39 is 12.0 Å². The fourth-order valence-electron chi connectivity index (χ4n) is 1.72. The molecule has 0 spiro atoms. The lowest BCUT2D eigenvalue weighted by atomic mass is 10.1. The van der Waals surface area contributed by atoms with Crippen molar-refractivity contribution in [3.05, 3.63) is 27.7 Å². The van der Waals surface area contributed by atoms with Gasteiger partial charge in [0, 0.05) is 15.5 Å². The number of carboxylic acid groups (broad SMARTS) is 1. The van der Waals surface area contributed by atoms with Crippen molar-refractivity contribution in [3.63, 3.8) is 0 Å². The number of nitrogens with one attached hydrogen (secondary N) is 2. The molecule has 2 amide bonds. The molecule has 3 N–H and O–H groups in total. The van der Waals surface area contributed by atoms with E-state index in [0.717, 1.165) is 6.42 Å². The summed E-state index contributed by atoms with van der Waals surface area (Å²) in [6, 6.07) is 4.16. The fourth-order valence-corrected chi connectivity index (χ4v) is 2.50. The molecular weight excluding hydrogens is 348 g/mol. The third-order valence-electron chi connectivity index (χ3n) is 2.57. The molecule has 1 rings (SSSR count). The summed E-state index contributed by atoms with van der Waals surface area (Å²) in [6.07, 6.45) is 1.31. The van der Waals surface area contributed by atoms with Gasteiger partial charge < -0.3 is 15.7 Å².